The summed E-state index contributed by atoms with van der Waals surface area (Å²) in [5, 5.41) is 9.24. The second kappa shape index (κ2) is 4.02. The van der Waals surface area contributed by atoms with Crippen LogP contribution in [0.25, 0.3) is 10.6 Å². The molecule has 16 heavy (non-hydrogen) atoms. The molecule has 3 nitrogen and oxygen atoms in total. The van der Waals surface area contributed by atoms with Crippen molar-refractivity contribution in [2.45, 2.75) is 6.92 Å². The molecule has 1 aromatic heterocycles. The number of carboxylic acids is 1. The quantitative estimate of drug-likeness (QED) is 0.873. The fraction of sp³-hybridized carbons (Fsp3) is 0.0909. The second-order valence-corrected chi connectivity index (χ2v) is 4.41. The number of halogens is 1. The van der Waals surface area contributed by atoms with Crippen LogP contribution >= 0.6 is 11.3 Å². The maximum Gasteiger partial charge on any atom is 0.355 e. The molecule has 2 aromatic rings. The molecule has 0 saturated heterocycles. The van der Waals surface area contributed by atoms with Crippen LogP contribution in [0.5, 0.6) is 0 Å². The third-order valence-corrected chi connectivity index (χ3v) is 3.11. The predicted molar refractivity (Wildman–Crippen MR) is 59.2 cm³/mol. The van der Waals surface area contributed by atoms with E-state index in [4.69, 9.17) is 5.11 Å². The van der Waals surface area contributed by atoms with Crippen LogP contribution in [0.3, 0.4) is 0 Å². The Hall–Kier alpha value is -1.75. The van der Waals surface area contributed by atoms with Crippen LogP contribution in [0.1, 0.15) is 15.4 Å². The maximum absolute atomic E-state index is 13.4. The number of aromatic nitrogens is 1. The standard InChI is InChI=1S/C11H8FNO2S/c1-6-9(11(14)15)13-10(16-6)7-4-2-3-5-8(7)12/h2-5H,1H3,(H,14,15). The highest BCUT2D eigenvalue weighted by atomic mass is 32.1. The van der Waals surface area contributed by atoms with E-state index in [1.54, 1.807) is 25.1 Å². The molecule has 0 saturated carbocycles. The van der Waals surface area contributed by atoms with E-state index in [1.807, 2.05) is 0 Å². The Balaban J connectivity index is 2.54. The van der Waals surface area contributed by atoms with Crippen molar-refractivity contribution >= 4 is 17.3 Å². The predicted octanol–water partition coefficient (Wildman–Crippen LogP) is 2.96. The fourth-order valence-corrected chi connectivity index (χ4v) is 2.28. The molecular weight excluding hydrogens is 229 g/mol. The van der Waals surface area contributed by atoms with Crippen LogP contribution < -0.4 is 0 Å². The van der Waals surface area contributed by atoms with Gasteiger partial charge < -0.3 is 5.11 Å². The number of benzene rings is 1. The molecule has 1 N–H and O–H groups in total. The van der Waals surface area contributed by atoms with Gasteiger partial charge in [0.1, 0.15) is 10.8 Å². The van der Waals surface area contributed by atoms with Gasteiger partial charge in [-0.05, 0) is 19.1 Å². The zero-order valence-electron chi connectivity index (χ0n) is 8.40. The van der Waals surface area contributed by atoms with Gasteiger partial charge in [-0.2, -0.15) is 0 Å². The van der Waals surface area contributed by atoms with Crippen molar-refractivity contribution in [1.29, 1.82) is 0 Å². The lowest BCUT2D eigenvalue weighted by Crippen LogP contribution is -1.98. The van der Waals surface area contributed by atoms with Crippen LogP contribution in [0.4, 0.5) is 4.39 Å². The summed E-state index contributed by atoms with van der Waals surface area (Å²) in [5.41, 5.74) is 0.325. The van der Waals surface area contributed by atoms with E-state index in [0.29, 0.717) is 15.4 Å². The highest BCUT2D eigenvalue weighted by molar-refractivity contribution is 7.15. The average molecular weight is 237 g/mol. The molecule has 0 aliphatic heterocycles. The van der Waals surface area contributed by atoms with Gasteiger partial charge in [0.25, 0.3) is 0 Å². The van der Waals surface area contributed by atoms with E-state index in [-0.39, 0.29) is 5.69 Å². The molecule has 0 fully saturated rings. The summed E-state index contributed by atoms with van der Waals surface area (Å²) in [6.07, 6.45) is 0. The Labute approximate surface area is 95.2 Å². The third-order valence-electron chi connectivity index (χ3n) is 2.10. The lowest BCUT2D eigenvalue weighted by molar-refractivity contribution is 0.0690. The molecule has 0 amide bonds. The maximum atomic E-state index is 13.4. The Bertz CT molecular complexity index is 551. The summed E-state index contributed by atoms with van der Waals surface area (Å²) in [5.74, 6) is -1.48. The van der Waals surface area contributed by atoms with Crippen LogP contribution in [0, 0.1) is 12.7 Å². The normalized spacial score (nSPS) is 10.4. The van der Waals surface area contributed by atoms with Crippen molar-refractivity contribution in [3.05, 3.63) is 40.7 Å². The van der Waals surface area contributed by atoms with Crippen molar-refractivity contribution < 1.29 is 14.3 Å². The molecule has 1 heterocycles. The minimum absolute atomic E-state index is 0.0109. The zero-order valence-corrected chi connectivity index (χ0v) is 9.21. The van der Waals surface area contributed by atoms with Gasteiger partial charge in [-0.15, -0.1) is 11.3 Å². The van der Waals surface area contributed by atoms with Crippen molar-refractivity contribution in [1.82, 2.24) is 4.98 Å². The van der Waals surface area contributed by atoms with Crippen LogP contribution in [0.2, 0.25) is 0 Å². The number of nitrogens with zero attached hydrogens (tertiary/aromatic N) is 1. The first-order valence-corrected chi connectivity index (χ1v) is 5.37. The zero-order chi connectivity index (χ0) is 11.7. The van der Waals surface area contributed by atoms with E-state index in [9.17, 15) is 9.18 Å². The molecule has 0 unspecified atom stereocenters. The third kappa shape index (κ3) is 1.81. The van der Waals surface area contributed by atoms with Crippen LogP contribution in [-0.4, -0.2) is 16.1 Å². The lowest BCUT2D eigenvalue weighted by Gasteiger charge is -1.96. The molecule has 2 rings (SSSR count). The molecule has 0 radical (unpaired) electrons. The molecule has 5 heteroatoms. The van der Waals surface area contributed by atoms with Gasteiger partial charge in [-0.25, -0.2) is 14.2 Å². The topological polar surface area (TPSA) is 50.2 Å². The van der Waals surface area contributed by atoms with Crippen molar-refractivity contribution in [2.75, 3.05) is 0 Å². The van der Waals surface area contributed by atoms with Gasteiger partial charge in [0.05, 0.1) is 0 Å². The summed E-state index contributed by atoms with van der Waals surface area (Å²) in [7, 11) is 0. The highest BCUT2D eigenvalue weighted by Crippen LogP contribution is 2.29. The summed E-state index contributed by atoms with van der Waals surface area (Å²) in [6.45, 7) is 1.66. The number of hydrogen-bond donors (Lipinski definition) is 1. The summed E-state index contributed by atoms with van der Waals surface area (Å²) in [4.78, 5) is 15.3. The monoisotopic (exact) mass is 237 g/mol. The van der Waals surface area contributed by atoms with Crippen molar-refractivity contribution in [3.63, 3.8) is 0 Å². The van der Waals surface area contributed by atoms with Gasteiger partial charge in [-0.3, -0.25) is 0 Å². The SMILES string of the molecule is Cc1sc(-c2ccccc2F)nc1C(=O)O. The second-order valence-electron chi connectivity index (χ2n) is 3.21. The number of aromatic carboxylic acids is 1. The summed E-state index contributed by atoms with van der Waals surface area (Å²) >= 11 is 1.18. The molecule has 0 aliphatic rings. The Morgan fingerprint density at radius 2 is 2.12 bits per heavy atom. The molecule has 0 aliphatic carbocycles. The largest absolute Gasteiger partial charge is 0.476 e. The van der Waals surface area contributed by atoms with Gasteiger partial charge in [0, 0.05) is 10.4 Å². The van der Waals surface area contributed by atoms with Crippen LogP contribution in [-0.2, 0) is 0 Å². The van der Waals surface area contributed by atoms with E-state index in [0.717, 1.165) is 0 Å². The first kappa shape index (κ1) is 10.8. The lowest BCUT2D eigenvalue weighted by atomic mass is 10.2. The number of thiazole rings is 1. The Kier molecular flexibility index (Phi) is 2.70. The van der Waals surface area contributed by atoms with E-state index in [2.05, 4.69) is 4.98 Å². The van der Waals surface area contributed by atoms with E-state index in [1.165, 1.54) is 17.4 Å². The number of aryl methyl sites for hydroxylation is 1. The molecule has 1 aromatic carbocycles. The first-order chi connectivity index (χ1) is 7.59. The molecule has 0 spiro atoms. The molecule has 82 valence electrons. The van der Waals surface area contributed by atoms with Gasteiger partial charge in [0.15, 0.2) is 5.69 Å². The molecule has 0 atom stereocenters. The summed E-state index contributed by atoms with van der Waals surface area (Å²) < 4.78 is 13.4. The Morgan fingerprint density at radius 1 is 1.44 bits per heavy atom. The minimum Gasteiger partial charge on any atom is -0.476 e. The van der Waals surface area contributed by atoms with Gasteiger partial charge in [-0.1, -0.05) is 12.1 Å². The Morgan fingerprint density at radius 3 is 2.69 bits per heavy atom. The number of rotatable bonds is 2. The van der Waals surface area contributed by atoms with Crippen LogP contribution in [0.15, 0.2) is 24.3 Å². The average Bonchev–Trinajstić information content (AvgIpc) is 2.61. The smallest absolute Gasteiger partial charge is 0.355 e. The summed E-state index contributed by atoms with van der Waals surface area (Å²) in [6, 6.07) is 6.18. The van der Waals surface area contributed by atoms with E-state index < -0.39 is 11.8 Å². The van der Waals surface area contributed by atoms with E-state index >= 15 is 0 Å². The highest BCUT2D eigenvalue weighted by Gasteiger charge is 2.16. The number of carboxylic acid groups (broad SMARTS) is 1. The molecular formula is C11H8FNO2S. The van der Waals surface area contributed by atoms with Gasteiger partial charge >= 0.3 is 5.97 Å². The van der Waals surface area contributed by atoms with Crippen molar-refractivity contribution in [3.8, 4) is 10.6 Å². The number of carbonyl (C=O) groups is 1. The molecule has 0 bridgehead atoms. The van der Waals surface area contributed by atoms with Gasteiger partial charge in [0.2, 0.25) is 0 Å². The van der Waals surface area contributed by atoms with Crippen molar-refractivity contribution in [2.24, 2.45) is 0 Å². The fourth-order valence-electron chi connectivity index (χ4n) is 1.34. The minimum atomic E-state index is -1.09. The first-order valence-electron chi connectivity index (χ1n) is 4.55. The number of hydrogen-bond acceptors (Lipinski definition) is 3.